The van der Waals surface area contributed by atoms with E-state index in [1.165, 1.54) is 0 Å². The fourth-order valence-corrected chi connectivity index (χ4v) is 4.05. The largest absolute Gasteiger partial charge is 0.493 e. The van der Waals surface area contributed by atoms with Crippen LogP contribution in [0.15, 0.2) is 57.0 Å². The normalized spacial score (nSPS) is 11.4. The first-order valence-corrected chi connectivity index (χ1v) is 11.2. The van der Waals surface area contributed by atoms with E-state index in [4.69, 9.17) is 9.47 Å². The van der Waals surface area contributed by atoms with E-state index in [-0.39, 0.29) is 4.91 Å². The van der Waals surface area contributed by atoms with Gasteiger partial charge in [0.15, 0.2) is 11.5 Å². The number of H-pyrrole nitrogens is 1. The number of thioether (sulfide) groups is 1. The van der Waals surface area contributed by atoms with E-state index in [0.29, 0.717) is 33.3 Å². The number of benzene rings is 2. The van der Waals surface area contributed by atoms with Crippen LogP contribution in [0.3, 0.4) is 0 Å². The number of rotatable bonds is 10. The molecule has 0 saturated heterocycles. The van der Waals surface area contributed by atoms with E-state index < -0.39 is 5.97 Å². The summed E-state index contributed by atoms with van der Waals surface area (Å²) in [5.74, 6) is 0.714. The van der Waals surface area contributed by atoms with Crippen molar-refractivity contribution < 1.29 is 19.4 Å². The highest BCUT2D eigenvalue weighted by Gasteiger charge is 2.16. The summed E-state index contributed by atoms with van der Waals surface area (Å²) in [6.07, 6.45) is 3.23. The maximum atomic E-state index is 11.8. The van der Waals surface area contributed by atoms with Crippen LogP contribution in [-0.2, 0) is 17.8 Å². The third kappa shape index (κ3) is 6.35. The Hall–Kier alpha value is -2.78. The molecule has 0 fully saturated rings. The summed E-state index contributed by atoms with van der Waals surface area (Å²) in [6, 6.07) is 13.3. The number of methoxy groups -OCH3 is 1. The molecular formula is C22H22BrN3O4S. The fraction of sp³-hybridized carbons (Fsp3) is 0.227. The molecule has 3 rings (SSSR count). The van der Waals surface area contributed by atoms with Gasteiger partial charge >= 0.3 is 5.97 Å². The van der Waals surface area contributed by atoms with E-state index in [9.17, 15) is 9.90 Å². The monoisotopic (exact) mass is 503 g/mol. The van der Waals surface area contributed by atoms with E-state index in [1.807, 2.05) is 37.3 Å². The quantitative estimate of drug-likeness (QED) is 0.285. The number of carboxylic acids is 1. The van der Waals surface area contributed by atoms with Crippen LogP contribution >= 0.6 is 27.7 Å². The highest BCUT2D eigenvalue weighted by atomic mass is 79.9. The highest BCUT2D eigenvalue weighted by Crippen LogP contribution is 2.38. The number of aromatic nitrogens is 3. The van der Waals surface area contributed by atoms with Gasteiger partial charge < -0.3 is 14.6 Å². The molecule has 0 unspecified atom stereocenters. The number of ether oxygens (including phenoxy) is 2. The zero-order valence-electron chi connectivity index (χ0n) is 17.1. The molecule has 0 spiro atoms. The number of nitrogens with zero attached hydrogens (tertiary/aromatic N) is 2. The standard InChI is InChI=1S/C22H22BrN3O4S/c1-3-7-19-24-22(26-25-19)31-18(21(27)28)12-15-10-16(23)20(17(11-15)29-2)30-13-14-8-5-4-6-9-14/h4-6,8-12H,3,7,13H2,1-2H3,(H,27,28)(H,24,25,26)/b18-12-. The highest BCUT2D eigenvalue weighted by molar-refractivity contribution is 9.10. The summed E-state index contributed by atoms with van der Waals surface area (Å²) in [7, 11) is 1.54. The minimum atomic E-state index is -1.06. The summed E-state index contributed by atoms with van der Waals surface area (Å²) >= 11 is 4.50. The molecule has 0 atom stereocenters. The lowest BCUT2D eigenvalue weighted by Crippen LogP contribution is -2.00. The van der Waals surface area contributed by atoms with Crippen molar-refractivity contribution in [2.24, 2.45) is 0 Å². The van der Waals surface area contributed by atoms with Crippen molar-refractivity contribution in [3.05, 3.63) is 68.8 Å². The molecule has 162 valence electrons. The number of nitrogens with one attached hydrogen (secondary N) is 1. The first kappa shape index (κ1) is 22.9. The summed E-state index contributed by atoms with van der Waals surface area (Å²) in [5, 5.41) is 16.9. The molecule has 0 aliphatic heterocycles. The third-order valence-corrected chi connectivity index (χ3v) is 5.65. The van der Waals surface area contributed by atoms with E-state index in [2.05, 4.69) is 31.1 Å². The second-order valence-corrected chi connectivity index (χ2v) is 8.40. The molecule has 0 bridgehead atoms. The van der Waals surface area contributed by atoms with Crippen LogP contribution in [0.1, 0.15) is 30.3 Å². The van der Waals surface area contributed by atoms with Gasteiger partial charge in [0.1, 0.15) is 17.3 Å². The van der Waals surface area contributed by atoms with Crippen molar-refractivity contribution in [3.8, 4) is 11.5 Å². The molecule has 1 heterocycles. The van der Waals surface area contributed by atoms with Gasteiger partial charge in [-0.1, -0.05) is 37.3 Å². The fourth-order valence-electron chi connectivity index (χ4n) is 2.75. The molecule has 0 radical (unpaired) electrons. The van der Waals surface area contributed by atoms with Crippen LogP contribution in [0.5, 0.6) is 11.5 Å². The Morgan fingerprint density at radius 2 is 2.06 bits per heavy atom. The predicted octanol–water partition coefficient (Wildman–Crippen LogP) is 5.33. The summed E-state index contributed by atoms with van der Waals surface area (Å²) in [4.78, 5) is 16.2. The molecular weight excluding hydrogens is 482 g/mol. The van der Waals surface area contributed by atoms with Crippen molar-refractivity contribution >= 4 is 39.7 Å². The SMILES string of the molecule is CCCc1nc(S/C(=C\c2cc(Br)c(OCc3ccccc3)c(OC)c2)C(=O)O)n[nH]1. The second-order valence-electron chi connectivity index (χ2n) is 6.54. The first-order chi connectivity index (χ1) is 15.0. The predicted molar refractivity (Wildman–Crippen MR) is 123 cm³/mol. The Bertz CT molecular complexity index is 1070. The number of aryl methyl sites for hydroxylation is 1. The lowest BCUT2D eigenvalue weighted by Gasteiger charge is -2.14. The summed E-state index contributed by atoms with van der Waals surface area (Å²) < 4.78 is 12.1. The Morgan fingerprint density at radius 1 is 1.29 bits per heavy atom. The van der Waals surface area contributed by atoms with Gasteiger partial charge in [-0.15, -0.1) is 5.10 Å². The number of carboxylic acid groups (broad SMARTS) is 1. The summed E-state index contributed by atoms with van der Waals surface area (Å²) in [5.41, 5.74) is 1.67. The van der Waals surface area contributed by atoms with Gasteiger partial charge in [-0.2, -0.15) is 0 Å². The van der Waals surface area contributed by atoms with Crippen molar-refractivity contribution in [1.82, 2.24) is 15.2 Å². The number of aromatic amines is 1. The van der Waals surface area contributed by atoms with Crippen molar-refractivity contribution in [3.63, 3.8) is 0 Å². The molecule has 2 aromatic carbocycles. The molecule has 7 nitrogen and oxygen atoms in total. The van der Waals surface area contributed by atoms with E-state index in [0.717, 1.165) is 36.0 Å². The number of carbonyl (C=O) groups is 1. The minimum Gasteiger partial charge on any atom is -0.493 e. The van der Waals surface area contributed by atoms with E-state index in [1.54, 1.807) is 25.3 Å². The molecule has 0 saturated carbocycles. The van der Waals surface area contributed by atoms with Gasteiger partial charge in [0.05, 0.1) is 11.6 Å². The molecule has 31 heavy (non-hydrogen) atoms. The van der Waals surface area contributed by atoms with Crippen LogP contribution in [0.2, 0.25) is 0 Å². The smallest absolute Gasteiger partial charge is 0.342 e. The molecule has 2 N–H and O–H groups in total. The molecule has 0 aliphatic rings. The Balaban J connectivity index is 1.83. The molecule has 9 heteroatoms. The third-order valence-electron chi connectivity index (χ3n) is 4.19. The second kappa shape index (κ2) is 11.0. The lowest BCUT2D eigenvalue weighted by molar-refractivity contribution is -0.131. The van der Waals surface area contributed by atoms with Gasteiger partial charge in [-0.05, 0) is 63.4 Å². The number of hydrogen-bond acceptors (Lipinski definition) is 6. The van der Waals surface area contributed by atoms with Gasteiger partial charge in [0.25, 0.3) is 0 Å². The average Bonchev–Trinajstić information content (AvgIpc) is 3.20. The first-order valence-electron chi connectivity index (χ1n) is 9.58. The van der Waals surface area contributed by atoms with Crippen molar-refractivity contribution in [2.45, 2.75) is 31.5 Å². The molecule has 3 aromatic rings. The Kier molecular flexibility index (Phi) is 8.13. The zero-order valence-corrected chi connectivity index (χ0v) is 19.5. The maximum Gasteiger partial charge on any atom is 0.342 e. The topological polar surface area (TPSA) is 97.3 Å². The van der Waals surface area contributed by atoms with Gasteiger partial charge in [0, 0.05) is 6.42 Å². The van der Waals surface area contributed by atoms with Crippen LogP contribution in [0.4, 0.5) is 0 Å². The number of hydrogen-bond donors (Lipinski definition) is 2. The number of aliphatic carboxylic acids is 1. The van der Waals surface area contributed by atoms with Gasteiger partial charge in [-0.3, -0.25) is 5.10 Å². The Morgan fingerprint density at radius 3 is 2.74 bits per heavy atom. The Labute approximate surface area is 193 Å². The lowest BCUT2D eigenvalue weighted by atomic mass is 10.2. The van der Waals surface area contributed by atoms with Crippen LogP contribution in [0, 0.1) is 0 Å². The van der Waals surface area contributed by atoms with Crippen LogP contribution in [0.25, 0.3) is 6.08 Å². The molecule has 0 amide bonds. The van der Waals surface area contributed by atoms with Gasteiger partial charge in [0.2, 0.25) is 5.16 Å². The van der Waals surface area contributed by atoms with Crippen LogP contribution < -0.4 is 9.47 Å². The summed E-state index contributed by atoms with van der Waals surface area (Å²) in [6.45, 7) is 2.42. The van der Waals surface area contributed by atoms with Crippen LogP contribution in [-0.4, -0.2) is 33.4 Å². The average molecular weight is 504 g/mol. The van der Waals surface area contributed by atoms with Crippen molar-refractivity contribution in [1.29, 1.82) is 0 Å². The molecule has 1 aromatic heterocycles. The van der Waals surface area contributed by atoms with Gasteiger partial charge in [-0.25, -0.2) is 9.78 Å². The zero-order chi connectivity index (χ0) is 22.2. The maximum absolute atomic E-state index is 11.8. The van der Waals surface area contributed by atoms with Crippen molar-refractivity contribution in [2.75, 3.05) is 7.11 Å². The van der Waals surface area contributed by atoms with E-state index >= 15 is 0 Å². The number of halogens is 1. The molecule has 0 aliphatic carbocycles. The minimum absolute atomic E-state index is 0.0916.